The maximum atomic E-state index is 5.84. The Morgan fingerprint density at radius 3 is 2.13 bits per heavy atom. The normalized spacial score (nSPS) is 13.1. The third kappa shape index (κ3) is 3.30. The second-order valence-electron chi connectivity index (χ2n) is 3.52. The molecule has 2 N–H and O–H groups in total. The van der Waals surface area contributed by atoms with Gasteiger partial charge in [-0.25, -0.2) is 0 Å². The summed E-state index contributed by atoms with van der Waals surface area (Å²) >= 11 is 3.44. The highest BCUT2D eigenvalue weighted by Crippen LogP contribution is 2.21. The minimum absolute atomic E-state index is 0.341. The number of rotatable bonds is 5. The van der Waals surface area contributed by atoms with Crippen LogP contribution in [-0.2, 0) is 0 Å². The first-order valence-electron chi connectivity index (χ1n) is 5.42. The largest absolute Gasteiger partial charge is 0.329 e. The Kier molecular flexibility index (Phi) is 5.29. The smallest absolute Gasteiger partial charge is 0.0470 e. The van der Waals surface area contributed by atoms with Crippen molar-refractivity contribution in [2.75, 3.05) is 19.6 Å². The number of nitrogens with zero attached hydrogens (tertiary/aromatic N) is 1. The second kappa shape index (κ2) is 6.26. The highest BCUT2D eigenvalue weighted by molar-refractivity contribution is 9.10. The summed E-state index contributed by atoms with van der Waals surface area (Å²) in [7, 11) is 0. The molecule has 0 amide bonds. The molecule has 15 heavy (non-hydrogen) atoms. The lowest BCUT2D eigenvalue weighted by Crippen LogP contribution is -2.33. The molecule has 1 rings (SSSR count). The van der Waals surface area contributed by atoms with Crippen LogP contribution in [0.5, 0.6) is 0 Å². The molecule has 0 saturated heterocycles. The van der Waals surface area contributed by atoms with Crippen LogP contribution >= 0.6 is 15.9 Å². The van der Waals surface area contributed by atoms with E-state index in [-0.39, 0.29) is 0 Å². The Morgan fingerprint density at radius 1 is 1.20 bits per heavy atom. The van der Waals surface area contributed by atoms with Crippen LogP contribution in [0.15, 0.2) is 28.7 Å². The van der Waals surface area contributed by atoms with Gasteiger partial charge in [-0.3, -0.25) is 4.90 Å². The molecule has 1 unspecified atom stereocenters. The van der Waals surface area contributed by atoms with E-state index in [1.165, 1.54) is 5.56 Å². The van der Waals surface area contributed by atoms with E-state index in [1.54, 1.807) is 0 Å². The van der Waals surface area contributed by atoms with E-state index >= 15 is 0 Å². The third-order valence-corrected chi connectivity index (χ3v) is 3.26. The van der Waals surface area contributed by atoms with Crippen LogP contribution in [0.4, 0.5) is 0 Å². The molecule has 0 spiro atoms. The first kappa shape index (κ1) is 12.7. The third-order valence-electron chi connectivity index (χ3n) is 2.73. The van der Waals surface area contributed by atoms with E-state index in [2.05, 4.69) is 58.9 Å². The quantitative estimate of drug-likeness (QED) is 0.892. The molecule has 84 valence electrons. The van der Waals surface area contributed by atoms with E-state index < -0.39 is 0 Å². The van der Waals surface area contributed by atoms with Crippen molar-refractivity contribution in [3.63, 3.8) is 0 Å². The molecule has 0 heterocycles. The Morgan fingerprint density at radius 2 is 1.73 bits per heavy atom. The lowest BCUT2D eigenvalue weighted by atomic mass is 10.1. The number of benzene rings is 1. The Balaban J connectivity index is 2.86. The SMILES string of the molecule is CCN(CC)C(CN)c1ccc(Br)cc1. The molecule has 1 aromatic carbocycles. The summed E-state index contributed by atoms with van der Waals surface area (Å²) in [6.45, 7) is 7.09. The standard InChI is InChI=1S/C12H19BrN2/c1-3-15(4-2)12(9-14)10-5-7-11(13)8-6-10/h5-8,12H,3-4,9,14H2,1-2H3. The van der Waals surface area contributed by atoms with E-state index in [0.29, 0.717) is 12.6 Å². The maximum absolute atomic E-state index is 5.84. The number of hydrogen-bond acceptors (Lipinski definition) is 2. The minimum atomic E-state index is 0.341. The van der Waals surface area contributed by atoms with Crippen molar-refractivity contribution in [2.24, 2.45) is 5.73 Å². The molecule has 3 heteroatoms. The molecule has 0 aromatic heterocycles. The summed E-state index contributed by atoms with van der Waals surface area (Å²) in [6, 6.07) is 8.76. The predicted molar refractivity (Wildman–Crippen MR) is 68.9 cm³/mol. The second-order valence-corrected chi connectivity index (χ2v) is 4.44. The van der Waals surface area contributed by atoms with Crippen LogP contribution in [0, 0.1) is 0 Å². The fraction of sp³-hybridized carbons (Fsp3) is 0.500. The van der Waals surface area contributed by atoms with Crippen LogP contribution < -0.4 is 5.73 Å². The predicted octanol–water partition coefficient (Wildman–Crippen LogP) is 2.79. The van der Waals surface area contributed by atoms with E-state index in [9.17, 15) is 0 Å². The average molecular weight is 271 g/mol. The van der Waals surface area contributed by atoms with Crippen molar-refractivity contribution in [1.82, 2.24) is 4.90 Å². The van der Waals surface area contributed by atoms with Crippen LogP contribution in [-0.4, -0.2) is 24.5 Å². The van der Waals surface area contributed by atoms with Gasteiger partial charge in [-0.15, -0.1) is 0 Å². The summed E-state index contributed by atoms with van der Waals surface area (Å²) < 4.78 is 1.11. The van der Waals surface area contributed by atoms with E-state index in [1.807, 2.05) is 0 Å². The van der Waals surface area contributed by atoms with Crippen molar-refractivity contribution < 1.29 is 0 Å². The zero-order valence-corrected chi connectivity index (χ0v) is 11.0. The fourth-order valence-corrected chi connectivity index (χ4v) is 2.11. The van der Waals surface area contributed by atoms with E-state index in [4.69, 9.17) is 5.73 Å². The molecule has 0 radical (unpaired) electrons. The summed E-state index contributed by atoms with van der Waals surface area (Å²) in [6.07, 6.45) is 0. The molecule has 2 nitrogen and oxygen atoms in total. The Hall–Kier alpha value is -0.380. The number of hydrogen-bond donors (Lipinski definition) is 1. The van der Waals surface area contributed by atoms with Gasteiger partial charge in [0.05, 0.1) is 0 Å². The number of nitrogens with two attached hydrogens (primary N) is 1. The molecule has 0 bridgehead atoms. The van der Waals surface area contributed by atoms with Gasteiger partial charge in [-0.2, -0.15) is 0 Å². The van der Waals surface area contributed by atoms with Gasteiger partial charge in [-0.1, -0.05) is 41.9 Å². The van der Waals surface area contributed by atoms with Gasteiger partial charge < -0.3 is 5.73 Å². The molecule has 0 fully saturated rings. The molecular formula is C12H19BrN2. The van der Waals surface area contributed by atoms with Crippen LogP contribution in [0.25, 0.3) is 0 Å². The van der Waals surface area contributed by atoms with E-state index in [0.717, 1.165) is 17.6 Å². The number of likely N-dealkylation sites (N-methyl/N-ethyl adjacent to an activating group) is 1. The summed E-state index contributed by atoms with van der Waals surface area (Å²) in [5, 5.41) is 0. The Bertz CT molecular complexity index is 280. The van der Waals surface area contributed by atoms with Crippen LogP contribution in [0.2, 0.25) is 0 Å². The zero-order valence-electron chi connectivity index (χ0n) is 9.41. The average Bonchev–Trinajstić information content (AvgIpc) is 2.27. The first-order valence-corrected chi connectivity index (χ1v) is 6.21. The molecule has 1 aromatic rings. The molecule has 0 aliphatic carbocycles. The first-order chi connectivity index (χ1) is 7.22. The van der Waals surface area contributed by atoms with Crippen LogP contribution in [0.3, 0.4) is 0 Å². The molecule has 0 aliphatic rings. The zero-order chi connectivity index (χ0) is 11.3. The van der Waals surface area contributed by atoms with Gasteiger partial charge in [0.15, 0.2) is 0 Å². The summed E-state index contributed by atoms with van der Waals surface area (Å²) in [5.41, 5.74) is 7.14. The molecule has 0 aliphatic heterocycles. The van der Waals surface area contributed by atoms with Crippen molar-refractivity contribution >= 4 is 15.9 Å². The van der Waals surface area contributed by atoms with Crippen molar-refractivity contribution in [3.05, 3.63) is 34.3 Å². The van der Waals surface area contributed by atoms with Crippen LogP contribution in [0.1, 0.15) is 25.5 Å². The molecular weight excluding hydrogens is 252 g/mol. The molecule has 0 saturated carbocycles. The van der Waals surface area contributed by atoms with Gasteiger partial charge in [0.1, 0.15) is 0 Å². The highest BCUT2D eigenvalue weighted by atomic mass is 79.9. The van der Waals surface area contributed by atoms with Gasteiger partial charge in [0.25, 0.3) is 0 Å². The van der Waals surface area contributed by atoms with Gasteiger partial charge >= 0.3 is 0 Å². The number of halogens is 1. The monoisotopic (exact) mass is 270 g/mol. The molecule has 1 atom stereocenters. The topological polar surface area (TPSA) is 29.3 Å². The van der Waals surface area contributed by atoms with Crippen molar-refractivity contribution in [1.29, 1.82) is 0 Å². The maximum Gasteiger partial charge on any atom is 0.0470 e. The summed E-state index contributed by atoms with van der Waals surface area (Å²) in [4.78, 5) is 2.38. The Labute approximate surface area is 101 Å². The lowest BCUT2D eigenvalue weighted by Gasteiger charge is -2.28. The minimum Gasteiger partial charge on any atom is -0.329 e. The highest BCUT2D eigenvalue weighted by Gasteiger charge is 2.15. The van der Waals surface area contributed by atoms with Crippen molar-refractivity contribution in [3.8, 4) is 0 Å². The van der Waals surface area contributed by atoms with Gasteiger partial charge in [0, 0.05) is 17.1 Å². The van der Waals surface area contributed by atoms with Crippen molar-refractivity contribution in [2.45, 2.75) is 19.9 Å². The lowest BCUT2D eigenvalue weighted by molar-refractivity contribution is 0.224. The van der Waals surface area contributed by atoms with Gasteiger partial charge in [0.2, 0.25) is 0 Å². The van der Waals surface area contributed by atoms with Gasteiger partial charge in [-0.05, 0) is 30.8 Å². The summed E-state index contributed by atoms with van der Waals surface area (Å²) in [5.74, 6) is 0. The fourth-order valence-electron chi connectivity index (χ4n) is 1.85.